The standard InChI is InChI=1S/C16H15ClN2O2/c17-12-2-4-15(18)14(8-12)16(21)19-6-5-10-1-3-13(20)7-11(10)9-19/h1-4,7-8,20H,5-6,9,18H2. The quantitative estimate of drug-likeness (QED) is 0.796. The van der Waals surface area contributed by atoms with Crippen molar-refractivity contribution in [3.63, 3.8) is 0 Å². The first-order valence-electron chi connectivity index (χ1n) is 6.69. The number of carbonyl (C=O) groups is 1. The van der Waals surface area contributed by atoms with Crippen molar-refractivity contribution in [3.05, 3.63) is 58.1 Å². The molecular formula is C16H15ClN2O2. The summed E-state index contributed by atoms with van der Waals surface area (Å²) in [4.78, 5) is 14.3. The molecule has 3 N–H and O–H groups in total. The number of benzene rings is 2. The van der Waals surface area contributed by atoms with Crippen molar-refractivity contribution < 1.29 is 9.90 Å². The van der Waals surface area contributed by atoms with Gasteiger partial charge in [0.1, 0.15) is 5.75 Å². The largest absolute Gasteiger partial charge is 0.508 e. The van der Waals surface area contributed by atoms with Crippen molar-refractivity contribution in [3.8, 4) is 5.75 Å². The summed E-state index contributed by atoms with van der Waals surface area (Å²) in [6.45, 7) is 1.09. The number of fused-ring (bicyclic) bond motifs is 1. The van der Waals surface area contributed by atoms with E-state index in [1.807, 2.05) is 6.07 Å². The molecule has 0 radical (unpaired) electrons. The Morgan fingerprint density at radius 1 is 1.19 bits per heavy atom. The van der Waals surface area contributed by atoms with Crippen LogP contribution in [0.1, 0.15) is 21.5 Å². The van der Waals surface area contributed by atoms with Crippen LogP contribution < -0.4 is 5.73 Å². The SMILES string of the molecule is Nc1ccc(Cl)cc1C(=O)N1CCc2ccc(O)cc2C1. The number of halogens is 1. The van der Waals surface area contributed by atoms with E-state index in [4.69, 9.17) is 17.3 Å². The van der Waals surface area contributed by atoms with E-state index in [1.54, 1.807) is 35.2 Å². The lowest BCUT2D eigenvalue weighted by atomic mass is 9.98. The highest BCUT2D eigenvalue weighted by molar-refractivity contribution is 6.31. The van der Waals surface area contributed by atoms with Gasteiger partial charge in [-0.15, -0.1) is 0 Å². The topological polar surface area (TPSA) is 66.6 Å². The molecule has 4 nitrogen and oxygen atoms in total. The minimum atomic E-state index is -0.135. The Morgan fingerprint density at radius 2 is 2.00 bits per heavy atom. The number of hydrogen-bond donors (Lipinski definition) is 2. The number of hydrogen-bond acceptors (Lipinski definition) is 3. The molecule has 0 saturated carbocycles. The van der Waals surface area contributed by atoms with Gasteiger partial charge in [-0.05, 0) is 47.9 Å². The highest BCUT2D eigenvalue weighted by Crippen LogP contribution is 2.26. The van der Waals surface area contributed by atoms with Crippen LogP contribution >= 0.6 is 11.6 Å². The van der Waals surface area contributed by atoms with Gasteiger partial charge in [0, 0.05) is 23.8 Å². The summed E-state index contributed by atoms with van der Waals surface area (Å²) in [5.41, 5.74) is 8.84. The third-order valence-electron chi connectivity index (χ3n) is 3.74. The van der Waals surface area contributed by atoms with Crippen LogP contribution in [0.4, 0.5) is 5.69 Å². The zero-order valence-corrected chi connectivity index (χ0v) is 12.1. The molecule has 21 heavy (non-hydrogen) atoms. The first-order valence-corrected chi connectivity index (χ1v) is 7.07. The summed E-state index contributed by atoms with van der Waals surface area (Å²) in [5.74, 6) is 0.0781. The Bertz CT molecular complexity index is 715. The van der Waals surface area contributed by atoms with Gasteiger partial charge in [-0.1, -0.05) is 17.7 Å². The van der Waals surface area contributed by atoms with E-state index in [0.29, 0.717) is 29.4 Å². The maximum absolute atomic E-state index is 12.6. The van der Waals surface area contributed by atoms with Crippen LogP contribution in [0, 0.1) is 0 Å². The highest BCUT2D eigenvalue weighted by atomic mass is 35.5. The number of phenolic OH excluding ortho intramolecular Hbond substituents is 1. The van der Waals surface area contributed by atoms with Gasteiger partial charge in [0.15, 0.2) is 0 Å². The van der Waals surface area contributed by atoms with Crippen molar-refractivity contribution in [2.75, 3.05) is 12.3 Å². The van der Waals surface area contributed by atoms with Crippen molar-refractivity contribution in [1.82, 2.24) is 4.90 Å². The Hall–Kier alpha value is -2.20. The average molecular weight is 303 g/mol. The first kappa shape index (κ1) is 13.8. The molecule has 0 spiro atoms. The van der Waals surface area contributed by atoms with E-state index in [2.05, 4.69) is 0 Å². The van der Waals surface area contributed by atoms with Crippen LogP contribution in [0.3, 0.4) is 0 Å². The molecule has 1 aliphatic rings. The molecule has 5 heteroatoms. The lowest BCUT2D eigenvalue weighted by Gasteiger charge is -2.29. The van der Waals surface area contributed by atoms with Crippen molar-refractivity contribution >= 4 is 23.2 Å². The summed E-state index contributed by atoms with van der Waals surface area (Å²) in [5, 5.41) is 10.1. The minimum absolute atomic E-state index is 0.135. The summed E-state index contributed by atoms with van der Waals surface area (Å²) >= 11 is 5.94. The third-order valence-corrected chi connectivity index (χ3v) is 3.97. The summed E-state index contributed by atoms with van der Waals surface area (Å²) < 4.78 is 0. The third kappa shape index (κ3) is 2.67. The second-order valence-corrected chi connectivity index (χ2v) is 5.60. The van der Waals surface area contributed by atoms with Crippen LogP contribution in [0.15, 0.2) is 36.4 Å². The van der Waals surface area contributed by atoms with E-state index in [9.17, 15) is 9.90 Å². The zero-order chi connectivity index (χ0) is 15.0. The second-order valence-electron chi connectivity index (χ2n) is 5.16. The molecule has 1 aliphatic heterocycles. The van der Waals surface area contributed by atoms with Crippen molar-refractivity contribution in [1.29, 1.82) is 0 Å². The fourth-order valence-electron chi connectivity index (χ4n) is 2.60. The van der Waals surface area contributed by atoms with Crippen LogP contribution in [-0.2, 0) is 13.0 Å². The monoisotopic (exact) mass is 302 g/mol. The minimum Gasteiger partial charge on any atom is -0.508 e. The maximum Gasteiger partial charge on any atom is 0.256 e. The molecule has 0 aliphatic carbocycles. The number of phenols is 1. The number of nitrogens with zero attached hydrogens (tertiary/aromatic N) is 1. The van der Waals surface area contributed by atoms with Crippen molar-refractivity contribution in [2.24, 2.45) is 0 Å². The molecule has 0 unspecified atom stereocenters. The highest BCUT2D eigenvalue weighted by Gasteiger charge is 2.23. The maximum atomic E-state index is 12.6. The Morgan fingerprint density at radius 3 is 2.81 bits per heavy atom. The van der Waals surface area contributed by atoms with E-state index < -0.39 is 0 Å². The molecule has 0 saturated heterocycles. The van der Waals surface area contributed by atoms with Gasteiger partial charge in [-0.3, -0.25) is 4.79 Å². The van der Waals surface area contributed by atoms with Crippen LogP contribution in [-0.4, -0.2) is 22.5 Å². The number of carbonyl (C=O) groups excluding carboxylic acids is 1. The first-order chi connectivity index (χ1) is 10.0. The summed E-state index contributed by atoms with van der Waals surface area (Å²) in [6.07, 6.45) is 0.766. The molecule has 2 aromatic rings. The molecular weight excluding hydrogens is 288 g/mol. The number of aromatic hydroxyl groups is 1. The summed E-state index contributed by atoms with van der Waals surface area (Å²) in [6, 6.07) is 10.2. The average Bonchev–Trinajstić information content (AvgIpc) is 2.48. The fourth-order valence-corrected chi connectivity index (χ4v) is 2.77. The molecule has 0 bridgehead atoms. The van der Waals surface area contributed by atoms with Gasteiger partial charge in [0.2, 0.25) is 0 Å². The fraction of sp³-hybridized carbons (Fsp3) is 0.188. The molecule has 0 atom stereocenters. The van der Waals surface area contributed by atoms with Gasteiger partial charge in [-0.2, -0.15) is 0 Å². The van der Waals surface area contributed by atoms with Crippen LogP contribution in [0.5, 0.6) is 5.75 Å². The van der Waals surface area contributed by atoms with E-state index in [-0.39, 0.29) is 11.7 Å². The number of nitrogens with two attached hydrogens (primary N) is 1. The van der Waals surface area contributed by atoms with Gasteiger partial charge in [0.25, 0.3) is 5.91 Å². The number of nitrogen functional groups attached to an aromatic ring is 1. The smallest absolute Gasteiger partial charge is 0.256 e. The van der Waals surface area contributed by atoms with Gasteiger partial charge < -0.3 is 15.7 Å². The zero-order valence-electron chi connectivity index (χ0n) is 11.3. The number of amides is 1. The summed E-state index contributed by atoms with van der Waals surface area (Å²) in [7, 11) is 0. The van der Waals surface area contributed by atoms with Gasteiger partial charge in [-0.25, -0.2) is 0 Å². The molecule has 0 aromatic heterocycles. The van der Waals surface area contributed by atoms with Crippen LogP contribution in [0.2, 0.25) is 5.02 Å². The second kappa shape index (κ2) is 5.30. The normalized spacial score (nSPS) is 13.9. The van der Waals surface area contributed by atoms with Crippen LogP contribution in [0.25, 0.3) is 0 Å². The number of anilines is 1. The predicted molar refractivity (Wildman–Crippen MR) is 82.4 cm³/mol. The molecule has 0 fully saturated rings. The van der Waals surface area contributed by atoms with E-state index in [0.717, 1.165) is 17.5 Å². The van der Waals surface area contributed by atoms with E-state index >= 15 is 0 Å². The Kier molecular flexibility index (Phi) is 3.47. The Balaban J connectivity index is 1.88. The molecule has 2 aromatic carbocycles. The predicted octanol–water partition coefficient (Wildman–Crippen LogP) is 2.83. The Labute approximate surface area is 127 Å². The number of rotatable bonds is 1. The lowest BCUT2D eigenvalue weighted by molar-refractivity contribution is 0.0735. The molecule has 1 amide bonds. The van der Waals surface area contributed by atoms with E-state index in [1.165, 1.54) is 0 Å². The van der Waals surface area contributed by atoms with Gasteiger partial charge >= 0.3 is 0 Å². The molecule has 3 rings (SSSR count). The molecule has 1 heterocycles. The van der Waals surface area contributed by atoms with Crippen molar-refractivity contribution in [2.45, 2.75) is 13.0 Å². The van der Waals surface area contributed by atoms with Gasteiger partial charge in [0.05, 0.1) is 5.56 Å². The molecule has 108 valence electrons. The lowest BCUT2D eigenvalue weighted by Crippen LogP contribution is -2.36.